The van der Waals surface area contributed by atoms with E-state index in [0.29, 0.717) is 17.8 Å². The molecule has 0 radical (unpaired) electrons. The highest BCUT2D eigenvalue weighted by atomic mass is 16.6. The minimum atomic E-state index is -0.428. The average molecular weight is 267 g/mol. The van der Waals surface area contributed by atoms with Gasteiger partial charge < -0.3 is 14.4 Å². The van der Waals surface area contributed by atoms with Gasteiger partial charge in [-0.1, -0.05) is 0 Å². The van der Waals surface area contributed by atoms with Crippen LogP contribution in [0.4, 0.5) is 4.79 Å². The van der Waals surface area contributed by atoms with E-state index >= 15 is 0 Å². The van der Waals surface area contributed by atoms with Gasteiger partial charge in [0.1, 0.15) is 11.9 Å². The number of aldehydes is 1. The molecule has 0 bridgehead atoms. The Hall–Kier alpha value is -1.06. The topological polar surface area (TPSA) is 46.6 Å². The number of ether oxygens (including phenoxy) is 1. The molecule has 4 heteroatoms. The highest BCUT2D eigenvalue weighted by molar-refractivity contribution is 5.68. The fourth-order valence-corrected chi connectivity index (χ4v) is 3.36. The van der Waals surface area contributed by atoms with Gasteiger partial charge in [0.15, 0.2) is 0 Å². The van der Waals surface area contributed by atoms with Crippen molar-refractivity contribution in [2.75, 3.05) is 13.1 Å². The third-order valence-corrected chi connectivity index (χ3v) is 4.65. The molecule has 1 atom stereocenters. The molecule has 2 aliphatic rings. The Morgan fingerprint density at radius 3 is 2.37 bits per heavy atom. The molecular weight excluding hydrogens is 242 g/mol. The summed E-state index contributed by atoms with van der Waals surface area (Å²) >= 11 is 0. The summed E-state index contributed by atoms with van der Waals surface area (Å²) < 4.78 is 5.40. The second-order valence-electron chi connectivity index (χ2n) is 6.97. The predicted octanol–water partition coefficient (Wildman–Crippen LogP) is 3.00. The van der Waals surface area contributed by atoms with Crippen LogP contribution in [0.5, 0.6) is 0 Å². The van der Waals surface area contributed by atoms with Crippen molar-refractivity contribution in [3.8, 4) is 0 Å². The van der Waals surface area contributed by atoms with Crippen molar-refractivity contribution < 1.29 is 14.3 Å². The highest BCUT2D eigenvalue weighted by Gasteiger charge is 2.48. The van der Waals surface area contributed by atoms with Crippen LogP contribution in [0.2, 0.25) is 0 Å². The van der Waals surface area contributed by atoms with Crippen LogP contribution in [-0.2, 0) is 9.53 Å². The first-order valence-corrected chi connectivity index (χ1v) is 7.28. The van der Waals surface area contributed by atoms with E-state index in [1.807, 2.05) is 25.7 Å². The summed E-state index contributed by atoms with van der Waals surface area (Å²) in [5.41, 5.74) is -0.0951. The van der Waals surface area contributed by atoms with Crippen molar-refractivity contribution in [3.63, 3.8) is 0 Å². The molecule has 4 nitrogen and oxygen atoms in total. The summed E-state index contributed by atoms with van der Waals surface area (Å²) in [5, 5.41) is 0. The number of hydrogen-bond acceptors (Lipinski definition) is 3. The van der Waals surface area contributed by atoms with Gasteiger partial charge in [-0.3, -0.25) is 0 Å². The maximum Gasteiger partial charge on any atom is 0.410 e. The summed E-state index contributed by atoms with van der Waals surface area (Å²) in [5.74, 6) is 0.547. The molecule has 1 saturated heterocycles. The Morgan fingerprint density at radius 2 is 1.95 bits per heavy atom. The lowest BCUT2D eigenvalue weighted by molar-refractivity contribution is -0.113. The number of piperidine rings is 1. The predicted molar refractivity (Wildman–Crippen MR) is 72.9 cm³/mol. The largest absolute Gasteiger partial charge is 0.444 e. The fraction of sp³-hybridized carbons (Fsp3) is 0.867. The monoisotopic (exact) mass is 267 g/mol. The third-order valence-electron chi connectivity index (χ3n) is 4.65. The first-order valence-electron chi connectivity index (χ1n) is 7.28. The molecule has 1 aliphatic carbocycles. The van der Waals surface area contributed by atoms with Crippen LogP contribution in [0, 0.1) is 11.3 Å². The SMILES string of the molecule is CC(C)(C)OC(=O)N1CCC2(CCC2CC=O)CC1. The molecular formula is C15H25NO3. The van der Waals surface area contributed by atoms with Gasteiger partial charge in [0.05, 0.1) is 0 Å². The van der Waals surface area contributed by atoms with E-state index < -0.39 is 5.60 Å². The number of likely N-dealkylation sites (tertiary alicyclic amines) is 1. The number of nitrogens with zero attached hydrogens (tertiary/aromatic N) is 1. The second kappa shape index (κ2) is 5.14. The summed E-state index contributed by atoms with van der Waals surface area (Å²) in [6.45, 7) is 7.21. The molecule has 1 amide bonds. The molecule has 1 unspecified atom stereocenters. The van der Waals surface area contributed by atoms with Crippen molar-refractivity contribution >= 4 is 12.4 Å². The summed E-state index contributed by atoms with van der Waals surface area (Å²) in [4.78, 5) is 24.5. The molecule has 2 rings (SSSR count). The summed E-state index contributed by atoms with van der Waals surface area (Å²) in [6.07, 6.45) is 5.96. The lowest BCUT2D eigenvalue weighted by atomic mass is 9.55. The average Bonchev–Trinajstić information content (AvgIpc) is 2.33. The third kappa shape index (κ3) is 3.10. The summed E-state index contributed by atoms with van der Waals surface area (Å²) in [6, 6.07) is 0. The van der Waals surface area contributed by atoms with E-state index in [9.17, 15) is 9.59 Å². The Bertz CT molecular complexity index is 351. The van der Waals surface area contributed by atoms with Gasteiger partial charge in [0.25, 0.3) is 0 Å². The fourth-order valence-electron chi connectivity index (χ4n) is 3.36. The number of carbonyl (C=O) groups is 2. The van der Waals surface area contributed by atoms with Crippen LogP contribution < -0.4 is 0 Å². The van der Waals surface area contributed by atoms with E-state index in [1.165, 1.54) is 12.8 Å². The molecule has 0 aromatic carbocycles. The van der Waals surface area contributed by atoms with Crippen LogP contribution in [0.15, 0.2) is 0 Å². The van der Waals surface area contributed by atoms with Crippen LogP contribution in [0.3, 0.4) is 0 Å². The normalized spacial score (nSPS) is 25.8. The maximum atomic E-state index is 12.0. The number of carbonyl (C=O) groups excluding carboxylic acids is 2. The second-order valence-corrected chi connectivity index (χ2v) is 6.97. The van der Waals surface area contributed by atoms with Crippen molar-refractivity contribution in [3.05, 3.63) is 0 Å². The van der Waals surface area contributed by atoms with Crippen LogP contribution in [0.25, 0.3) is 0 Å². The van der Waals surface area contributed by atoms with Crippen molar-refractivity contribution in [2.45, 2.75) is 58.5 Å². The van der Waals surface area contributed by atoms with Crippen molar-refractivity contribution in [1.29, 1.82) is 0 Å². The van der Waals surface area contributed by atoms with E-state index in [4.69, 9.17) is 4.74 Å². The zero-order chi connectivity index (χ0) is 14.1. The lowest BCUT2D eigenvalue weighted by Gasteiger charge is -2.53. The van der Waals surface area contributed by atoms with Crippen molar-refractivity contribution in [2.24, 2.45) is 11.3 Å². The smallest absolute Gasteiger partial charge is 0.410 e. The molecule has 0 N–H and O–H groups in total. The molecule has 1 aliphatic heterocycles. The van der Waals surface area contributed by atoms with Crippen molar-refractivity contribution in [1.82, 2.24) is 4.90 Å². The molecule has 0 aromatic rings. The molecule has 19 heavy (non-hydrogen) atoms. The van der Waals surface area contributed by atoms with Crippen LogP contribution in [-0.4, -0.2) is 36.0 Å². The number of amides is 1. The van der Waals surface area contributed by atoms with Gasteiger partial charge in [0, 0.05) is 19.5 Å². The van der Waals surface area contributed by atoms with Gasteiger partial charge in [-0.2, -0.15) is 0 Å². The van der Waals surface area contributed by atoms with Gasteiger partial charge in [-0.25, -0.2) is 4.79 Å². The number of hydrogen-bond donors (Lipinski definition) is 0. The quantitative estimate of drug-likeness (QED) is 0.723. The standard InChI is InChI=1S/C15H25NO3/c1-14(2,3)19-13(18)16-9-7-15(8-10-16)6-4-12(15)5-11-17/h11-12H,4-10H2,1-3H3. The Kier molecular flexibility index (Phi) is 3.88. The molecule has 108 valence electrons. The van der Waals surface area contributed by atoms with Gasteiger partial charge in [-0.15, -0.1) is 0 Å². The zero-order valence-electron chi connectivity index (χ0n) is 12.3. The van der Waals surface area contributed by atoms with E-state index in [1.54, 1.807) is 0 Å². The summed E-state index contributed by atoms with van der Waals surface area (Å²) in [7, 11) is 0. The van der Waals surface area contributed by atoms with E-state index in [2.05, 4.69) is 0 Å². The molecule has 0 aromatic heterocycles. The Balaban J connectivity index is 1.86. The Labute approximate surface area is 115 Å². The first kappa shape index (κ1) is 14.4. The zero-order valence-corrected chi connectivity index (χ0v) is 12.3. The van der Waals surface area contributed by atoms with Crippen LogP contribution in [0.1, 0.15) is 52.9 Å². The van der Waals surface area contributed by atoms with Gasteiger partial charge in [0.2, 0.25) is 0 Å². The van der Waals surface area contributed by atoms with Gasteiger partial charge >= 0.3 is 6.09 Å². The first-order chi connectivity index (χ1) is 8.86. The maximum absolute atomic E-state index is 12.0. The number of rotatable bonds is 2. The van der Waals surface area contributed by atoms with Gasteiger partial charge in [-0.05, 0) is 57.8 Å². The molecule has 1 spiro atoms. The minimum absolute atomic E-state index is 0.200. The molecule has 1 saturated carbocycles. The minimum Gasteiger partial charge on any atom is -0.444 e. The lowest BCUT2D eigenvalue weighted by Crippen LogP contribution is -2.51. The Morgan fingerprint density at radius 1 is 1.32 bits per heavy atom. The molecule has 1 heterocycles. The van der Waals surface area contributed by atoms with E-state index in [0.717, 1.165) is 32.2 Å². The molecule has 2 fully saturated rings. The van der Waals surface area contributed by atoms with E-state index in [-0.39, 0.29) is 6.09 Å². The highest BCUT2D eigenvalue weighted by Crippen LogP contribution is 2.54. The van der Waals surface area contributed by atoms with Crippen LogP contribution >= 0.6 is 0 Å².